The van der Waals surface area contributed by atoms with Gasteiger partial charge in [0.2, 0.25) is 0 Å². The predicted molar refractivity (Wildman–Crippen MR) is 107 cm³/mol. The van der Waals surface area contributed by atoms with Crippen LogP contribution in [-0.4, -0.2) is 28.4 Å². The van der Waals surface area contributed by atoms with Gasteiger partial charge < -0.3 is 9.34 Å². The van der Waals surface area contributed by atoms with E-state index in [2.05, 4.69) is 82.6 Å². The van der Waals surface area contributed by atoms with E-state index in [0.29, 0.717) is 6.04 Å². The molecule has 0 spiro atoms. The molecule has 2 aliphatic rings. The third-order valence-electron chi connectivity index (χ3n) is 6.36. The normalized spacial score (nSPS) is 25.4. The van der Waals surface area contributed by atoms with Crippen LogP contribution >= 0.6 is 0 Å². The first-order valence-electron chi connectivity index (χ1n) is 9.42. The molecule has 2 aromatic rings. The highest BCUT2D eigenvalue weighted by molar-refractivity contribution is 6.70. The smallest absolute Gasteiger partial charge is 0.346 e. The molecule has 4 heteroatoms. The summed E-state index contributed by atoms with van der Waals surface area (Å²) in [5.74, 6) is 0. The van der Waals surface area contributed by atoms with Gasteiger partial charge in [0.15, 0.2) is 0 Å². The molecule has 3 nitrogen and oxygen atoms in total. The predicted octanol–water partition coefficient (Wildman–Crippen LogP) is 4.75. The lowest BCUT2D eigenvalue weighted by atomic mass is 9.58. The van der Waals surface area contributed by atoms with Crippen LogP contribution in [-0.2, 0) is 0 Å². The molecule has 132 valence electrons. The molecule has 1 saturated heterocycles. The van der Waals surface area contributed by atoms with Crippen LogP contribution in [0.3, 0.4) is 0 Å². The van der Waals surface area contributed by atoms with E-state index in [4.69, 9.17) is 4.42 Å². The van der Waals surface area contributed by atoms with E-state index >= 15 is 0 Å². The zero-order valence-electron chi connectivity index (χ0n) is 16.6. The Balaban J connectivity index is 1.84. The number of hydrogen-bond acceptors (Lipinski definition) is 3. The molecule has 0 radical (unpaired) electrons. The van der Waals surface area contributed by atoms with Crippen LogP contribution in [0.2, 0.25) is 6.82 Å². The number of furan rings is 1. The average Bonchev–Trinajstić information content (AvgIpc) is 2.95. The summed E-state index contributed by atoms with van der Waals surface area (Å²) in [6.07, 6.45) is 3.49. The van der Waals surface area contributed by atoms with Crippen molar-refractivity contribution in [1.29, 1.82) is 0 Å². The van der Waals surface area contributed by atoms with E-state index in [0.717, 1.165) is 11.2 Å². The molecule has 0 amide bonds. The van der Waals surface area contributed by atoms with E-state index in [1.807, 2.05) is 6.07 Å². The third kappa shape index (κ3) is 2.30. The second kappa shape index (κ2) is 5.17. The maximum Gasteiger partial charge on any atom is 0.346 e. The van der Waals surface area contributed by atoms with Gasteiger partial charge in [0.05, 0.1) is 0 Å². The molecule has 1 atom stereocenters. The van der Waals surface area contributed by atoms with Crippen molar-refractivity contribution in [1.82, 2.24) is 9.93 Å². The van der Waals surface area contributed by atoms with Crippen LogP contribution in [0.5, 0.6) is 0 Å². The van der Waals surface area contributed by atoms with Gasteiger partial charge in [-0.15, -0.1) is 0 Å². The first-order chi connectivity index (χ1) is 11.6. The Morgan fingerprint density at radius 2 is 1.84 bits per heavy atom. The SMILES string of the molecule is CB1c2oc3ccccc3c2C=C(C)N1N1[C@@H](C)C(C)(C)CC1(C)C. The van der Waals surface area contributed by atoms with E-state index in [9.17, 15) is 0 Å². The molecule has 4 rings (SSSR count). The lowest BCUT2D eigenvalue weighted by Crippen LogP contribution is -2.62. The first-order valence-corrected chi connectivity index (χ1v) is 9.42. The van der Waals surface area contributed by atoms with Crippen molar-refractivity contribution in [3.63, 3.8) is 0 Å². The van der Waals surface area contributed by atoms with Gasteiger partial charge in [-0.1, -0.05) is 38.9 Å². The van der Waals surface area contributed by atoms with Crippen LogP contribution in [0.4, 0.5) is 0 Å². The van der Waals surface area contributed by atoms with Crippen LogP contribution in [0, 0.1) is 5.41 Å². The van der Waals surface area contributed by atoms with Crippen molar-refractivity contribution in [2.75, 3.05) is 0 Å². The maximum absolute atomic E-state index is 6.28. The fourth-order valence-electron chi connectivity index (χ4n) is 5.27. The largest absolute Gasteiger partial charge is 0.468 e. The molecule has 2 aliphatic heterocycles. The summed E-state index contributed by atoms with van der Waals surface area (Å²) in [6, 6.07) is 8.84. The fourth-order valence-corrected chi connectivity index (χ4v) is 5.27. The first kappa shape index (κ1) is 16.8. The quantitative estimate of drug-likeness (QED) is 0.701. The number of allylic oxidation sites excluding steroid dienone is 1. The topological polar surface area (TPSA) is 19.6 Å². The Morgan fingerprint density at radius 1 is 1.16 bits per heavy atom. The lowest BCUT2D eigenvalue weighted by Gasteiger charge is -2.48. The lowest BCUT2D eigenvalue weighted by molar-refractivity contribution is -0.0180. The molecule has 0 bridgehead atoms. The Labute approximate surface area is 151 Å². The highest BCUT2D eigenvalue weighted by Crippen LogP contribution is 2.48. The van der Waals surface area contributed by atoms with Crippen LogP contribution in [0.25, 0.3) is 17.0 Å². The fraction of sp³-hybridized carbons (Fsp3) is 0.524. The minimum atomic E-state index is 0.121. The van der Waals surface area contributed by atoms with Gasteiger partial charge in [0, 0.05) is 28.2 Å². The summed E-state index contributed by atoms with van der Waals surface area (Å²) in [7, 11) is 0. The monoisotopic (exact) mass is 336 g/mol. The summed E-state index contributed by atoms with van der Waals surface area (Å²) >= 11 is 0. The zero-order chi connectivity index (χ0) is 18.1. The molecule has 0 N–H and O–H groups in total. The van der Waals surface area contributed by atoms with Gasteiger partial charge in [-0.05, 0) is 51.7 Å². The number of rotatable bonds is 1. The molecule has 3 heterocycles. The summed E-state index contributed by atoms with van der Waals surface area (Å²) in [5, 5.41) is 3.82. The molecule has 1 aromatic carbocycles. The summed E-state index contributed by atoms with van der Waals surface area (Å²) in [6.45, 7) is 16.6. The molecule has 0 saturated carbocycles. The standard InChI is InChI=1S/C21H29BN2O/c1-14-12-17-16-10-8-9-11-18(16)25-19(17)22(7)24(14)23-15(2)20(3,4)13-21(23,5)6/h8-12,15H,13H2,1-7H3/t15-/m0/s1. The van der Waals surface area contributed by atoms with Gasteiger partial charge in [0.1, 0.15) is 11.2 Å². The van der Waals surface area contributed by atoms with Crippen molar-refractivity contribution in [3.8, 4) is 0 Å². The van der Waals surface area contributed by atoms with Gasteiger partial charge >= 0.3 is 6.85 Å². The average molecular weight is 336 g/mol. The Kier molecular flexibility index (Phi) is 3.47. The van der Waals surface area contributed by atoms with Crippen molar-refractivity contribution >= 4 is 29.6 Å². The van der Waals surface area contributed by atoms with Gasteiger partial charge in [0.25, 0.3) is 0 Å². The summed E-state index contributed by atoms with van der Waals surface area (Å²) in [5.41, 5.74) is 5.02. The second-order valence-corrected chi connectivity index (χ2v) is 9.18. The number of benzene rings is 1. The number of fused-ring (bicyclic) bond motifs is 3. The highest BCUT2D eigenvalue weighted by atomic mass is 16.3. The van der Waals surface area contributed by atoms with E-state index < -0.39 is 0 Å². The van der Waals surface area contributed by atoms with E-state index in [-0.39, 0.29) is 17.8 Å². The molecule has 1 fully saturated rings. The number of para-hydroxylation sites is 1. The van der Waals surface area contributed by atoms with Crippen LogP contribution in [0.15, 0.2) is 34.4 Å². The Morgan fingerprint density at radius 3 is 2.48 bits per heavy atom. The maximum atomic E-state index is 6.28. The zero-order valence-corrected chi connectivity index (χ0v) is 16.6. The molecule has 25 heavy (non-hydrogen) atoms. The molecule has 0 aliphatic carbocycles. The van der Waals surface area contributed by atoms with Crippen molar-refractivity contribution in [3.05, 3.63) is 35.5 Å². The van der Waals surface area contributed by atoms with Crippen molar-refractivity contribution in [2.45, 2.75) is 66.4 Å². The Hall–Kier alpha value is -1.68. The van der Waals surface area contributed by atoms with Crippen molar-refractivity contribution in [2.24, 2.45) is 5.41 Å². The number of hydrogen-bond donors (Lipinski definition) is 0. The molecule has 1 aromatic heterocycles. The second-order valence-electron chi connectivity index (χ2n) is 9.18. The number of nitrogens with zero attached hydrogens (tertiary/aromatic N) is 2. The third-order valence-corrected chi connectivity index (χ3v) is 6.36. The minimum Gasteiger partial charge on any atom is -0.468 e. The van der Waals surface area contributed by atoms with Gasteiger partial charge in [-0.3, -0.25) is 0 Å². The minimum absolute atomic E-state index is 0.121. The van der Waals surface area contributed by atoms with Gasteiger partial charge in [-0.25, -0.2) is 5.01 Å². The van der Waals surface area contributed by atoms with Gasteiger partial charge in [-0.2, -0.15) is 0 Å². The van der Waals surface area contributed by atoms with E-state index in [1.165, 1.54) is 23.1 Å². The van der Waals surface area contributed by atoms with Crippen LogP contribution in [0.1, 0.15) is 53.5 Å². The summed E-state index contributed by atoms with van der Waals surface area (Å²) in [4.78, 5) is 2.48. The van der Waals surface area contributed by atoms with Crippen molar-refractivity contribution < 1.29 is 4.42 Å². The van der Waals surface area contributed by atoms with E-state index in [1.54, 1.807) is 0 Å². The van der Waals surface area contributed by atoms with Crippen LogP contribution < -0.4 is 5.66 Å². The Bertz CT molecular complexity index is 864. The molecule has 0 unspecified atom stereocenters. The molecular formula is C21H29BN2O. The number of hydrazine groups is 1. The molecular weight excluding hydrogens is 307 g/mol. The summed E-state index contributed by atoms with van der Waals surface area (Å²) < 4.78 is 6.28. The highest BCUT2D eigenvalue weighted by Gasteiger charge is 2.53.